The zero-order valence-corrected chi connectivity index (χ0v) is 12.7. The van der Waals surface area contributed by atoms with Crippen LogP contribution in [0.3, 0.4) is 0 Å². The second-order valence-corrected chi connectivity index (χ2v) is 5.47. The molecule has 1 N–H and O–H groups in total. The van der Waals surface area contributed by atoms with Crippen molar-refractivity contribution in [1.29, 1.82) is 0 Å². The zero-order chi connectivity index (χ0) is 15.2. The van der Waals surface area contributed by atoms with Crippen LogP contribution in [0.15, 0.2) is 40.3 Å². The highest BCUT2D eigenvalue weighted by Crippen LogP contribution is 2.21. The van der Waals surface area contributed by atoms with Crippen LogP contribution in [0.2, 0.25) is 0 Å². The monoisotopic (exact) mass is 304 g/mol. The van der Waals surface area contributed by atoms with Gasteiger partial charge < -0.3 is 9.72 Å². The molecule has 0 aliphatic heterocycles. The van der Waals surface area contributed by atoms with Gasteiger partial charge in [0.15, 0.2) is 5.16 Å². The van der Waals surface area contributed by atoms with E-state index in [0.717, 1.165) is 11.1 Å². The zero-order valence-electron chi connectivity index (χ0n) is 11.9. The van der Waals surface area contributed by atoms with E-state index in [-0.39, 0.29) is 17.9 Å². The van der Waals surface area contributed by atoms with Crippen LogP contribution in [0, 0.1) is 6.92 Å². The standard InChI is InChI=1S/C15H16N2O3S/c1-10-7-13(18)17-15(16-10)21-9-12-6-4-3-5-11(12)8-14(19)20-2/h3-7H,8-9H2,1-2H3,(H,16,17,18). The van der Waals surface area contributed by atoms with Gasteiger partial charge in [0.25, 0.3) is 5.56 Å². The van der Waals surface area contributed by atoms with Crippen molar-refractivity contribution >= 4 is 17.7 Å². The lowest BCUT2D eigenvalue weighted by molar-refractivity contribution is -0.139. The third kappa shape index (κ3) is 4.46. The summed E-state index contributed by atoms with van der Waals surface area (Å²) < 4.78 is 4.70. The maximum Gasteiger partial charge on any atom is 0.309 e. The van der Waals surface area contributed by atoms with Crippen LogP contribution in [0.25, 0.3) is 0 Å². The Hall–Kier alpha value is -2.08. The van der Waals surface area contributed by atoms with Gasteiger partial charge in [-0.3, -0.25) is 9.59 Å². The summed E-state index contributed by atoms with van der Waals surface area (Å²) in [5.41, 5.74) is 2.47. The lowest BCUT2D eigenvalue weighted by Crippen LogP contribution is -2.09. The quantitative estimate of drug-likeness (QED) is 0.520. The number of hydrogen-bond acceptors (Lipinski definition) is 5. The molecule has 0 aliphatic carbocycles. The van der Waals surface area contributed by atoms with Crippen LogP contribution in [-0.2, 0) is 21.7 Å². The molecule has 1 heterocycles. The third-order valence-corrected chi connectivity index (χ3v) is 3.82. The summed E-state index contributed by atoms with van der Waals surface area (Å²) in [4.78, 5) is 29.8. The van der Waals surface area contributed by atoms with Gasteiger partial charge in [-0.05, 0) is 18.1 Å². The fourth-order valence-corrected chi connectivity index (χ4v) is 2.82. The van der Waals surface area contributed by atoms with Gasteiger partial charge in [0.2, 0.25) is 0 Å². The van der Waals surface area contributed by atoms with Gasteiger partial charge in [-0.25, -0.2) is 4.98 Å². The molecule has 0 fully saturated rings. The molecule has 0 spiro atoms. The first-order valence-corrected chi connectivity index (χ1v) is 7.41. The average molecular weight is 304 g/mol. The SMILES string of the molecule is COC(=O)Cc1ccccc1CSc1nc(C)cc(=O)[nH]1. The summed E-state index contributed by atoms with van der Waals surface area (Å²) in [5.74, 6) is 0.356. The Kier molecular flexibility index (Phi) is 5.16. The molecule has 5 nitrogen and oxygen atoms in total. The Bertz CT molecular complexity index is 697. The molecule has 0 bridgehead atoms. The average Bonchev–Trinajstić information content (AvgIpc) is 2.45. The third-order valence-electron chi connectivity index (χ3n) is 2.89. The van der Waals surface area contributed by atoms with E-state index in [4.69, 9.17) is 4.74 Å². The van der Waals surface area contributed by atoms with Gasteiger partial charge in [-0.1, -0.05) is 36.0 Å². The molecule has 1 aromatic carbocycles. The van der Waals surface area contributed by atoms with Crippen molar-refractivity contribution in [2.45, 2.75) is 24.3 Å². The number of carbonyl (C=O) groups excluding carboxylic acids is 1. The molecule has 6 heteroatoms. The molecule has 0 unspecified atom stereocenters. The normalized spacial score (nSPS) is 10.4. The Morgan fingerprint density at radius 1 is 1.33 bits per heavy atom. The Morgan fingerprint density at radius 2 is 2.05 bits per heavy atom. The number of esters is 1. The molecule has 2 aromatic rings. The summed E-state index contributed by atoms with van der Waals surface area (Å²) in [6, 6.07) is 9.12. The van der Waals surface area contributed by atoms with Gasteiger partial charge >= 0.3 is 5.97 Å². The van der Waals surface area contributed by atoms with Gasteiger partial charge in [0.1, 0.15) is 0 Å². The van der Waals surface area contributed by atoms with E-state index in [1.54, 1.807) is 6.92 Å². The molecule has 0 amide bonds. The number of hydrogen-bond donors (Lipinski definition) is 1. The minimum Gasteiger partial charge on any atom is -0.469 e. The minimum absolute atomic E-state index is 0.159. The van der Waals surface area contributed by atoms with Crippen molar-refractivity contribution < 1.29 is 9.53 Å². The molecule has 0 saturated carbocycles. The highest BCUT2D eigenvalue weighted by molar-refractivity contribution is 7.98. The molecule has 1 aromatic heterocycles. The number of aromatic amines is 1. The summed E-state index contributed by atoms with van der Waals surface area (Å²) >= 11 is 1.43. The number of methoxy groups -OCH3 is 1. The van der Waals surface area contributed by atoms with Crippen molar-refractivity contribution in [1.82, 2.24) is 9.97 Å². The number of H-pyrrole nitrogens is 1. The van der Waals surface area contributed by atoms with Gasteiger partial charge in [0.05, 0.1) is 13.5 Å². The van der Waals surface area contributed by atoms with Gasteiger partial charge in [-0.15, -0.1) is 0 Å². The van der Waals surface area contributed by atoms with Crippen molar-refractivity contribution in [3.63, 3.8) is 0 Å². The molecule has 2 rings (SSSR count). The smallest absolute Gasteiger partial charge is 0.309 e. The number of thioether (sulfide) groups is 1. The molecule has 0 radical (unpaired) electrons. The molecular weight excluding hydrogens is 288 g/mol. The number of ether oxygens (including phenoxy) is 1. The molecule has 0 saturated heterocycles. The summed E-state index contributed by atoms with van der Waals surface area (Å²) in [5, 5.41) is 0.577. The predicted octanol–water partition coefficient (Wildman–Crippen LogP) is 2.09. The molecular formula is C15H16N2O3S. The van der Waals surface area contributed by atoms with Gasteiger partial charge in [-0.2, -0.15) is 0 Å². The number of aryl methyl sites for hydroxylation is 1. The number of benzene rings is 1. The van der Waals surface area contributed by atoms with Crippen molar-refractivity contribution in [3.05, 3.63) is 57.5 Å². The Morgan fingerprint density at radius 3 is 2.71 bits per heavy atom. The van der Waals surface area contributed by atoms with E-state index >= 15 is 0 Å². The number of nitrogens with one attached hydrogen (secondary N) is 1. The van der Waals surface area contributed by atoms with Gasteiger partial charge in [0, 0.05) is 17.5 Å². The van der Waals surface area contributed by atoms with Crippen LogP contribution in [0.5, 0.6) is 0 Å². The van der Waals surface area contributed by atoms with E-state index in [1.807, 2.05) is 24.3 Å². The first-order valence-electron chi connectivity index (χ1n) is 6.43. The summed E-state index contributed by atoms with van der Waals surface area (Å²) in [6.07, 6.45) is 0.241. The molecule has 0 atom stereocenters. The lowest BCUT2D eigenvalue weighted by atomic mass is 10.1. The largest absolute Gasteiger partial charge is 0.469 e. The summed E-state index contributed by atoms with van der Waals surface area (Å²) in [7, 11) is 1.38. The van der Waals surface area contributed by atoms with Crippen molar-refractivity contribution in [2.24, 2.45) is 0 Å². The van der Waals surface area contributed by atoms with Crippen LogP contribution >= 0.6 is 11.8 Å². The van der Waals surface area contributed by atoms with Crippen LogP contribution in [0.4, 0.5) is 0 Å². The van der Waals surface area contributed by atoms with Crippen LogP contribution in [0.1, 0.15) is 16.8 Å². The van der Waals surface area contributed by atoms with E-state index in [2.05, 4.69) is 9.97 Å². The van der Waals surface area contributed by atoms with Crippen molar-refractivity contribution in [3.8, 4) is 0 Å². The first-order chi connectivity index (χ1) is 10.1. The predicted molar refractivity (Wildman–Crippen MR) is 81.3 cm³/mol. The molecule has 21 heavy (non-hydrogen) atoms. The van der Waals surface area contributed by atoms with E-state index in [1.165, 1.54) is 24.9 Å². The van der Waals surface area contributed by atoms with Crippen molar-refractivity contribution in [2.75, 3.05) is 7.11 Å². The van der Waals surface area contributed by atoms with E-state index < -0.39 is 0 Å². The second kappa shape index (κ2) is 7.08. The number of aromatic nitrogens is 2. The summed E-state index contributed by atoms with van der Waals surface area (Å²) in [6.45, 7) is 1.78. The molecule has 0 aliphatic rings. The maximum absolute atomic E-state index is 11.4. The molecule has 110 valence electrons. The van der Waals surface area contributed by atoms with E-state index in [0.29, 0.717) is 16.6 Å². The topological polar surface area (TPSA) is 72.0 Å². The van der Waals surface area contributed by atoms with Crippen LogP contribution in [-0.4, -0.2) is 23.0 Å². The lowest BCUT2D eigenvalue weighted by Gasteiger charge is -2.08. The number of nitrogens with zero attached hydrogens (tertiary/aromatic N) is 1. The highest BCUT2D eigenvalue weighted by Gasteiger charge is 2.09. The Labute approximate surface area is 126 Å². The second-order valence-electron chi connectivity index (χ2n) is 4.50. The fraction of sp³-hybridized carbons (Fsp3) is 0.267. The van der Waals surface area contributed by atoms with Crippen LogP contribution < -0.4 is 5.56 Å². The van der Waals surface area contributed by atoms with E-state index in [9.17, 15) is 9.59 Å². The highest BCUT2D eigenvalue weighted by atomic mass is 32.2. The number of rotatable bonds is 5. The number of carbonyl (C=O) groups is 1. The first kappa shape index (κ1) is 15.3. The Balaban J connectivity index is 2.12. The minimum atomic E-state index is -0.269. The maximum atomic E-state index is 11.4. The fourth-order valence-electron chi connectivity index (χ4n) is 1.86.